The van der Waals surface area contributed by atoms with Crippen LogP contribution >= 0.6 is 15.9 Å². The van der Waals surface area contributed by atoms with Crippen LogP contribution in [0, 0.1) is 11.3 Å². The Morgan fingerprint density at radius 2 is 1.93 bits per heavy atom. The number of ether oxygens (including phenoxy) is 2. The molecular formula is C22H18BrN5O2. The van der Waals surface area contributed by atoms with Crippen molar-refractivity contribution in [1.29, 1.82) is 5.26 Å². The summed E-state index contributed by atoms with van der Waals surface area (Å²) in [4.78, 5) is 16.5. The van der Waals surface area contributed by atoms with Gasteiger partial charge in [-0.3, -0.25) is 4.98 Å². The summed E-state index contributed by atoms with van der Waals surface area (Å²) in [5.74, 6) is 1.38. The van der Waals surface area contributed by atoms with Gasteiger partial charge in [0.15, 0.2) is 0 Å². The lowest BCUT2D eigenvalue weighted by atomic mass is 10.2. The van der Waals surface area contributed by atoms with E-state index in [1.807, 2.05) is 19.9 Å². The molecule has 0 saturated heterocycles. The second kappa shape index (κ2) is 8.51. The number of fused-ring (bicyclic) bond motifs is 1. The number of rotatable bonds is 6. The predicted octanol–water partition coefficient (Wildman–Crippen LogP) is 5.70. The summed E-state index contributed by atoms with van der Waals surface area (Å²) in [5.41, 5.74) is 3.12. The van der Waals surface area contributed by atoms with Crippen LogP contribution < -0.4 is 9.47 Å². The molecule has 3 heterocycles. The van der Waals surface area contributed by atoms with E-state index in [4.69, 9.17) is 14.7 Å². The Balaban J connectivity index is 1.79. The highest BCUT2D eigenvalue weighted by molar-refractivity contribution is 9.10. The maximum atomic E-state index is 9.16. The molecule has 0 fully saturated rings. The summed E-state index contributed by atoms with van der Waals surface area (Å²) in [6, 6.07) is 11.1. The number of aromatic amines is 1. The van der Waals surface area contributed by atoms with E-state index >= 15 is 0 Å². The molecular weight excluding hydrogens is 446 g/mol. The highest BCUT2D eigenvalue weighted by Crippen LogP contribution is 2.37. The number of hydrogen-bond acceptors (Lipinski definition) is 6. The highest BCUT2D eigenvalue weighted by atomic mass is 79.9. The van der Waals surface area contributed by atoms with Crippen LogP contribution in [0.15, 0.2) is 47.2 Å². The Morgan fingerprint density at radius 1 is 1.07 bits per heavy atom. The van der Waals surface area contributed by atoms with Gasteiger partial charge in [0.2, 0.25) is 5.88 Å². The minimum Gasteiger partial charge on any atom is -0.438 e. The van der Waals surface area contributed by atoms with Crippen LogP contribution in [0.3, 0.4) is 0 Å². The van der Waals surface area contributed by atoms with Gasteiger partial charge in [0, 0.05) is 11.9 Å². The maximum absolute atomic E-state index is 9.16. The van der Waals surface area contributed by atoms with Crippen molar-refractivity contribution in [3.8, 4) is 29.5 Å². The van der Waals surface area contributed by atoms with Gasteiger partial charge in [-0.2, -0.15) is 15.2 Å². The SMILES string of the molecule is CCc1cncc(Oc2nc(Oc3cccc(C#N)c3)c3c(Br)c(CC)[nH]c3n2)c1. The van der Waals surface area contributed by atoms with Gasteiger partial charge in [0.05, 0.1) is 27.7 Å². The number of halogens is 1. The second-order valence-corrected chi connectivity index (χ2v) is 7.33. The topological polar surface area (TPSA) is 96.7 Å². The lowest BCUT2D eigenvalue weighted by Crippen LogP contribution is -1.97. The Morgan fingerprint density at radius 3 is 2.70 bits per heavy atom. The molecule has 0 aliphatic carbocycles. The number of hydrogen-bond donors (Lipinski definition) is 1. The molecule has 0 unspecified atom stereocenters. The third-order valence-electron chi connectivity index (χ3n) is 4.53. The molecule has 4 rings (SSSR count). The van der Waals surface area contributed by atoms with Gasteiger partial charge in [-0.1, -0.05) is 19.9 Å². The van der Waals surface area contributed by atoms with Crippen LogP contribution in [0.4, 0.5) is 0 Å². The van der Waals surface area contributed by atoms with E-state index in [2.05, 4.69) is 41.9 Å². The molecule has 4 aromatic rings. The molecule has 0 spiro atoms. The first kappa shape index (κ1) is 19.9. The smallest absolute Gasteiger partial charge is 0.327 e. The number of aryl methyl sites for hydroxylation is 2. The van der Waals surface area contributed by atoms with Gasteiger partial charge in [0.1, 0.15) is 17.1 Å². The van der Waals surface area contributed by atoms with Crippen molar-refractivity contribution < 1.29 is 9.47 Å². The summed E-state index contributed by atoms with van der Waals surface area (Å²) < 4.78 is 12.8. The van der Waals surface area contributed by atoms with Gasteiger partial charge >= 0.3 is 6.01 Å². The summed E-state index contributed by atoms with van der Waals surface area (Å²) in [6.07, 6.45) is 5.03. The molecule has 0 amide bonds. The fourth-order valence-corrected chi connectivity index (χ4v) is 3.72. The quantitative estimate of drug-likeness (QED) is 0.394. The number of nitriles is 1. The van der Waals surface area contributed by atoms with E-state index in [1.54, 1.807) is 36.7 Å². The van der Waals surface area contributed by atoms with Gasteiger partial charge in [-0.25, -0.2) is 0 Å². The maximum Gasteiger partial charge on any atom is 0.327 e. The number of benzene rings is 1. The van der Waals surface area contributed by atoms with Crippen molar-refractivity contribution >= 4 is 27.0 Å². The fourth-order valence-electron chi connectivity index (χ4n) is 2.98. The number of nitrogens with one attached hydrogen (secondary N) is 1. The number of pyridine rings is 1. The van der Waals surface area contributed by atoms with Crippen molar-refractivity contribution in [3.63, 3.8) is 0 Å². The van der Waals surface area contributed by atoms with Gasteiger partial charge in [-0.15, -0.1) is 0 Å². The van der Waals surface area contributed by atoms with E-state index in [9.17, 15) is 0 Å². The lowest BCUT2D eigenvalue weighted by Gasteiger charge is -2.09. The van der Waals surface area contributed by atoms with E-state index in [-0.39, 0.29) is 6.01 Å². The van der Waals surface area contributed by atoms with Crippen LogP contribution in [0.2, 0.25) is 0 Å². The fraction of sp³-hybridized carbons (Fsp3) is 0.182. The molecule has 30 heavy (non-hydrogen) atoms. The largest absolute Gasteiger partial charge is 0.438 e. The predicted molar refractivity (Wildman–Crippen MR) is 116 cm³/mol. The standard InChI is InChI=1S/C22H18BrN5O2/c1-3-13-8-16(12-25-11-13)30-22-27-20-18(19(23)17(4-2)26-20)21(28-22)29-15-7-5-6-14(9-15)10-24/h5-9,11-12H,3-4H2,1-2H3,(H,26,27,28). The van der Waals surface area contributed by atoms with E-state index < -0.39 is 0 Å². The molecule has 0 atom stereocenters. The average molecular weight is 464 g/mol. The number of nitrogens with zero attached hydrogens (tertiary/aromatic N) is 4. The third kappa shape index (κ3) is 3.98. The highest BCUT2D eigenvalue weighted by Gasteiger charge is 2.19. The van der Waals surface area contributed by atoms with Crippen molar-refractivity contribution in [2.75, 3.05) is 0 Å². The van der Waals surface area contributed by atoms with E-state index in [0.29, 0.717) is 34.0 Å². The zero-order valence-electron chi connectivity index (χ0n) is 16.4. The first-order valence-corrected chi connectivity index (χ1v) is 10.3. The van der Waals surface area contributed by atoms with Crippen LogP contribution in [-0.4, -0.2) is 19.9 Å². The molecule has 0 bridgehead atoms. The third-order valence-corrected chi connectivity index (χ3v) is 5.40. The average Bonchev–Trinajstić information content (AvgIpc) is 3.09. The molecule has 1 aromatic carbocycles. The van der Waals surface area contributed by atoms with Crippen molar-refractivity contribution in [2.45, 2.75) is 26.7 Å². The van der Waals surface area contributed by atoms with E-state index in [0.717, 1.165) is 28.6 Å². The number of H-pyrrole nitrogens is 1. The Hall–Kier alpha value is -3.44. The molecule has 0 radical (unpaired) electrons. The minimum absolute atomic E-state index is 0.139. The monoisotopic (exact) mass is 463 g/mol. The summed E-state index contributed by atoms with van der Waals surface area (Å²) in [6.45, 7) is 4.09. The normalized spacial score (nSPS) is 10.7. The molecule has 3 aromatic heterocycles. The van der Waals surface area contributed by atoms with Crippen LogP contribution in [0.1, 0.15) is 30.7 Å². The summed E-state index contributed by atoms with van der Waals surface area (Å²) >= 11 is 3.62. The Labute approximate surface area is 181 Å². The van der Waals surface area contributed by atoms with Gasteiger partial charge < -0.3 is 14.5 Å². The molecule has 8 heteroatoms. The second-order valence-electron chi connectivity index (χ2n) is 6.53. The van der Waals surface area contributed by atoms with Crippen molar-refractivity contribution in [3.05, 3.63) is 64.0 Å². The van der Waals surface area contributed by atoms with E-state index in [1.165, 1.54) is 0 Å². The first-order valence-electron chi connectivity index (χ1n) is 9.49. The van der Waals surface area contributed by atoms with Crippen LogP contribution in [0.25, 0.3) is 11.0 Å². The number of aromatic nitrogens is 4. The summed E-state index contributed by atoms with van der Waals surface area (Å²) in [7, 11) is 0. The van der Waals surface area contributed by atoms with Gasteiger partial charge in [-0.05, 0) is 58.6 Å². The summed E-state index contributed by atoms with van der Waals surface area (Å²) in [5, 5.41) is 9.87. The van der Waals surface area contributed by atoms with Crippen molar-refractivity contribution in [1.82, 2.24) is 19.9 Å². The van der Waals surface area contributed by atoms with Crippen LogP contribution in [-0.2, 0) is 12.8 Å². The zero-order chi connectivity index (χ0) is 21.1. The molecule has 1 N–H and O–H groups in total. The first-order chi connectivity index (χ1) is 14.6. The molecule has 0 aliphatic rings. The molecule has 0 aliphatic heterocycles. The Kier molecular flexibility index (Phi) is 5.63. The van der Waals surface area contributed by atoms with Crippen molar-refractivity contribution in [2.24, 2.45) is 0 Å². The molecule has 150 valence electrons. The lowest BCUT2D eigenvalue weighted by molar-refractivity contribution is 0.415. The van der Waals surface area contributed by atoms with Gasteiger partial charge in [0.25, 0.3) is 0 Å². The minimum atomic E-state index is 0.139. The Bertz CT molecular complexity index is 1260. The zero-order valence-corrected chi connectivity index (χ0v) is 18.0. The van der Waals surface area contributed by atoms with Crippen LogP contribution in [0.5, 0.6) is 23.4 Å². The molecule has 7 nitrogen and oxygen atoms in total. The molecule has 0 saturated carbocycles.